The molecule has 2 heterocycles. The highest BCUT2D eigenvalue weighted by Crippen LogP contribution is 2.33. The molecule has 1 aromatic rings. The lowest BCUT2D eigenvalue weighted by Crippen LogP contribution is -2.36. The van der Waals surface area contributed by atoms with Crippen molar-refractivity contribution >= 4 is 17.2 Å². The van der Waals surface area contributed by atoms with Crippen molar-refractivity contribution in [3.8, 4) is 0 Å². The molecule has 1 saturated heterocycles. The van der Waals surface area contributed by atoms with Gasteiger partial charge in [-0.15, -0.1) is 11.3 Å². The van der Waals surface area contributed by atoms with Crippen LogP contribution in [0.3, 0.4) is 0 Å². The van der Waals surface area contributed by atoms with Gasteiger partial charge in [-0.2, -0.15) is 0 Å². The summed E-state index contributed by atoms with van der Waals surface area (Å²) in [4.78, 5) is 16.1. The number of thiophene rings is 1. The third-order valence-corrected chi connectivity index (χ3v) is 5.33. The molecule has 1 aliphatic carbocycles. The Bertz CT molecular complexity index is 445. The molecule has 1 fully saturated rings. The second-order valence-corrected chi connectivity index (χ2v) is 6.72. The van der Waals surface area contributed by atoms with Crippen LogP contribution in [-0.4, -0.2) is 23.9 Å². The zero-order valence-corrected chi connectivity index (χ0v) is 11.9. The molecule has 1 unspecified atom stereocenters. The number of piperidine rings is 1. The highest BCUT2D eigenvalue weighted by molar-refractivity contribution is 7.10. The molecule has 98 valence electrons. The van der Waals surface area contributed by atoms with Gasteiger partial charge in [0.1, 0.15) is 0 Å². The number of rotatable bonds is 1. The molecule has 2 nitrogen and oxygen atoms in total. The second-order valence-electron chi connectivity index (χ2n) is 5.75. The Hall–Kier alpha value is -0.830. The SMILES string of the molecule is CC1CCc2c(C(=O)N3CCCCC3)csc2C1. The molecule has 0 saturated carbocycles. The van der Waals surface area contributed by atoms with Gasteiger partial charge < -0.3 is 4.90 Å². The largest absolute Gasteiger partial charge is 0.339 e. The predicted molar refractivity (Wildman–Crippen MR) is 75.3 cm³/mol. The first-order chi connectivity index (χ1) is 8.75. The van der Waals surface area contributed by atoms with Crippen LogP contribution in [0, 0.1) is 5.92 Å². The minimum Gasteiger partial charge on any atom is -0.339 e. The fourth-order valence-corrected chi connectivity index (χ4v) is 4.36. The van der Waals surface area contributed by atoms with E-state index in [1.54, 1.807) is 11.3 Å². The van der Waals surface area contributed by atoms with Gasteiger partial charge in [0, 0.05) is 23.3 Å². The van der Waals surface area contributed by atoms with Crippen molar-refractivity contribution in [2.24, 2.45) is 5.92 Å². The van der Waals surface area contributed by atoms with Crippen LogP contribution in [0.25, 0.3) is 0 Å². The molecule has 0 spiro atoms. The summed E-state index contributed by atoms with van der Waals surface area (Å²) in [6.07, 6.45) is 7.15. The fraction of sp³-hybridized carbons (Fsp3) is 0.667. The van der Waals surface area contributed by atoms with E-state index in [1.165, 1.54) is 42.5 Å². The first-order valence-corrected chi connectivity index (χ1v) is 8.02. The van der Waals surface area contributed by atoms with Gasteiger partial charge in [0.15, 0.2) is 0 Å². The molecule has 0 radical (unpaired) electrons. The van der Waals surface area contributed by atoms with Crippen molar-refractivity contribution in [1.82, 2.24) is 4.90 Å². The van der Waals surface area contributed by atoms with Crippen molar-refractivity contribution in [2.75, 3.05) is 13.1 Å². The number of likely N-dealkylation sites (tertiary alicyclic amines) is 1. The molecule has 1 amide bonds. The Morgan fingerprint density at radius 3 is 2.89 bits per heavy atom. The van der Waals surface area contributed by atoms with E-state index in [9.17, 15) is 4.79 Å². The lowest BCUT2D eigenvalue weighted by molar-refractivity contribution is 0.0723. The number of hydrogen-bond donors (Lipinski definition) is 0. The van der Waals surface area contributed by atoms with E-state index in [1.807, 2.05) is 0 Å². The van der Waals surface area contributed by atoms with Crippen LogP contribution in [-0.2, 0) is 12.8 Å². The summed E-state index contributed by atoms with van der Waals surface area (Å²) in [7, 11) is 0. The van der Waals surface area contributed by atoms with Crippen molar-refractivity contribution in [2.45, 2.75) is 45.4 Å². The van der Waals surface area contributed by atoms with Crippen LogP contribution in [0.5, 0.6) is 0 Å². The zero-order valence-electron chi connectivity index (χ0n) is 11.1. The van der Waals surface area contributed by atoms with Gasteiger partial charge in [-0.25, -0.2) is 0 Å². The summed E-state index contributed by atoms with van der Waals surface area (Å²) in [5.41, 5.74) is 2.39. The molecule has 1 aromatic heterocycles. The number of fused-ring (bicyclic) bond motifs is 1. The monoisotopic (exact) mass is 263 g/mol. The highest BCUT2D eigenvalue weighted by Gasteiger charge is 2.26. The number of hydrogen-bond acceptors (Lipinski definition) is 2. The number of amides is 1. The summed E-state index contributed by atoms with van der Waals surface area (Å²) in [5, 5.41) is 2.11. The molecule has 3 heteroatoms. The molecule has 1 aliphatic heterocycles. The maximum atomic E-state index is 12.5. The minimum absolute atomic E-state index is 0.293. The molecule has 18 heavy (non-hydrogen) atoms. The molecule has 1 atom stereocenters. The summed E-state index contributed by atoms with van der Waals surface area (Å²) in [6, 6.07) is 0. The number of carbonyl (C=O) groups is 1. The Labute approximate surface area is 113 Å². The third kappa shape index (κ3) is 2.20. The average Bonchev–Trinajstić information content (AvgIpc) is 2.81. The first kappa shape index (κ1) is 12.2. The van der Waals surface area contributed by atoms with Crippen LogP contribution in [0.2, 0.25) is 0 Å². The van der Waals surface area contributed by atoms with E-state index < -0.39 is 0 Å². The van der Waals surface area contributed by atoms with Crippen molar-refractivity contribution in [3.63, 3.8) is 0 Å². The Balaban J connectivity index is 1.82. The fourth-order valence-electron chi connectivity index (χ4n) is 3.12. The van der Waals surface area contributed by atoms with Crippen molar-refractivity contribution in [1.29, 1.82) is 0 Å². The minimum atomic E-state index is 0.293. The van der Waals surface area contributed by atoms with Gasteiger partial charge in [0.25, 0.3) is 5.91 Å². The summed E-state index contributed by atoms with van der Waals surface area (Å²) >= 11 is 1.80. The van der Waals surface area contributed by atoms with Gasteiger partial charge in [0.05, 0.1) is 5.56 Å². The normalized spacial score (nSPS) is 23.8. The summed E-state index contributed by atoms with van der Waals surface area (Å²) in [6.45, 7) is 4.23. The van der Waals surface area contributed by atoms with Crippen LogP contribution in [0.1, 0.15) is 53.4 Å². The average molecular weight is 263 g/mol. The van der Waals surface area contributed by atoms with Crippen LogP contribution < -0.4 is 0 Å². The molecule has 0 N–H and O–H groups in total. The van der Waals surface area contributed by atoms with Gasteiger partial charge >= 0.3 is 0 Å². The van der Waals surface area contributed by atoms with E-state index in [2.05, 4.69) is 17.2 Å². The summed E-state index contributed by atoms with van der Waals surface area (Å²) < 4.78 is 0. The number of nitrogens with zero attached hydrogens (tertiary/aromatic N) is 1. The molecule has 0 aromatic carbocycles. The molecule has 0 bridgehead atoms. The van der Waals surface area contributed by atoms with E-state index in [4.69, 9.17) is 0 Å². The predicted octanol–water partition coefficient (Wildman–Crippen LogP) is 3.50. The van der Waals surface area contributed by atoms with Gasteiger partial charge in [-0.05, 0) is 50.0 Å². The first-order valence-electron chi connectivity index (χ1n) is 7.14. The second kappa shape index (κ2) is 5.04. The smallest absolute Gasteiger partial charge is 0.254 e. The molecule has 2 aliphatic rings. The zero-order chi connectivity index (χ0) is 12.5. The Morgan fingerprint density at radius 2 is 2.11 bits per heavy atom. The van der Waals surface area contributed by atoms with Gasteiger partial charge in [0.2, 0.25) is 0 Å². The van der Waals surface area contributed by atoms with Crippen molar-refractivity contribution in [3.05, 3.63) is 21.4 Å². The quantitative estimate of drug-likeness (QED) is 0.759. The Kier molecular flexibility index (Phi) is 3.42. The summed E-state index contributed by atoms with van der Waals surface area (Å²) in [5.74, 6) is 1.08. The standard InChI is InChI=1S/C15H21NOS/c1-11-5-6-12-13(10-18-14(12)9-11)15(17)16-7-3-2-4-8-16/h10-11H,2-9H2,1H3. The van der Waals surface area contributed by atoms with Gasteiger partial charge in [-0.1, -0.05) is 6.92 Å². The highest BCUT2D eigenvalue weighted by atomic mass is 32.1. The van der Waals surface area contributed by atoms with Gasteiger partial charge in [-0.3, -0.25) is 4.79 Å². The van der Waals surface area contributed by atoms with Crippen LogP contribution in [0.4, 0.5) is 0 Å². The van der Waals surface area contributed by atoms with Crippen LogP contribution in [0.15, 0.2) is 5.38 Å². The lowest BCUT2D eigenvalue weighted by Gasteiger charge is -2.27. The third-order valence-electron chi connectivity index (χ3n) is 4.28. The molecular formula is C15H21NOS. The maximum Gasteiger partial charge on any atom is 0.254 e. The van der Waals surface area contributed by atoms with Crippen LogP contribution >= 0.6 is 11.3 Å². The van der Waals surface area contributed by atoms with E-state index in [0.717, 1.165) is 31.0 Å². The lowest BCUT2D eigenvalue weighted by atomic mass is 9.88. The van der Waals surface area contributed by atoms with E-state index in [0.29, 0.717) is 5.91 Å². The van der Waals surface area contributed by atoms with Crippen molar-refractivity contribution < 1.29 is 4.79 Å². The molecular weight excluding hydrogens is 242 g/mol. The van der Waals surface area contributed by atoms with E-state index >= 15 is 0 Å². The Morgan fingerprint density at radius 1 is 1.33 bits per heavy atom. The topological polar surface area (TPSA) is 20.3 Å². The number of carbonyl (C=O) groups excluding carboxylic acids is 1. The maximum absolute atomic E-state index is 12.5. The van der Waals surface area contributed by atoms with E-state index in [-0.39, 0.29) is 0 Å². The molecule has 3 rings (SSSR count).